The average molecular weight is 391 g/mol. The van der Waals surface area contributed by atoms with Gasteiger partial charge < -0.3 is 9.73 Å². The summed E-state index contributed by atoms with van der Waals surface area (Å²) in [7, 11) is 0. The van der Waals surface area contributed by atoms with Crippen LogP contribution in [0.1, 0.15) is 11.3 Å². The number of amides is 1. The van der Waals surface area contributed by atoms with Crippen LogP contribution in [0.3, 0.4) is 0 Å². The Balaban J connectivity index is 1.71. The van der Waals surface area contributed by atoms with Crippen LogP contribution in [-0.2, 0) is 24.4 Å². The summed E-state index contributed by atoms with van der Waals surface area (Å²) in [6.07, 6.45) is 6.16. The van der Waals surface area contributed by atoms with Gasteiger partial charge in [0.15, 0.2) is 5.52 Å². The molecule has 146 valence electrons. The lowest BCUT2D eigenvalue weighted by molar-refractivity contribution is -0.121. The molecular formula is C20H17N5O4. The van der Waals surface area contributed by atoms with Crippen molar-refractivity contribution in [2.24, 2.45) is 0 Å². The highest BCUT2D eigenvalue weighted by atomic mass is 16.3. The fraction of sp³-hybridized carbons (Fsp3) is 0.150. The molecule has 1 amide bonds. The van der Waals surface area contributed by atoms with E-state index in [9.17, 15) is 14.4 Å². The molecule has 0 bridgehead atoms. The van der Waals surface area contributed by atoms with E-state index in [-0.39, 0.29) is 31.1 Å². The van der Waals surface area contributed by atoms with Gasteiger partial charge in [-0.2, -0.15) is 0 Å². The highest BCUT2D eigenvalue weighted by Crippen LogP contribution is 2.06. The number of pyridine rings is 2. The van der Waals surface area contributed by atoms with Gasteiger partial charge in [-0.25, -0.2) is 9.78 Å². The van der Waals surface area contributed by atoms with Gasteiger partial charge in [-0.3, -0.25) is 23.7 Å². The predicted molar refractivity (Wildman–Crippen MR) is 104 cm³/mol. The minimum absolute atomic E-state index is 0.0563. The maximum atomic E-state index is 13.1. The number of fused-ring (bicyclic) bond motifs is 1. The van der Waals surface area contributed by atoms with Crippen LogP contribution in [0, 0.1) is 0 Å². The molecule has 4 aromatic rings. The van der Waals surface area contributed by atoms with Crippen molar-refractivity contribution in [2.75, 3.05) is 0 Å². The zero-order valence-corrected chi connectivity index (χ0v) is 15.3. The lowest BCUT2D eigenvalue weighted by Crippen LogP contribution is -2.43. The number of furan rings is 1. The van der Waals surface area contributed by atoms with Crippen LogP contribution in [0.25, 0.3) is 11.0 Å². The number of aromatic nitrogens is 4. The lowest BCUT2D eigenvalue weighted by Gasteiger charge is -2.13. The first-order valence-corrected chi connectivity index (χ1v) is 8.90. The van der Waals surface area contributed by atoms with E-state index in [0.717, 1.165) is 10.1 Å². The van der Waals surface area contributed by atoms with Gasteiger partial charge in [0, 0.05) is 18.6 Å². The summed E-state index contributed by atoms with van der Waals surface area (Å²) >= 11 is 0. The molecule has 29 heavy (non-hydrogen) atoms. The Bertz CT molecular complexity index is 1260. The third-order valence-electron chi connectivity index (χ3n) is 4.42. The highest BCUT2D eigenvalue weighted by molar-refractivity contribution is 5.79. The summed E-state index contributed by atoms with van der Waals surface area (Å²) in [4.78, 5) is 46.4. The van der Waals surface area contributed by atoms with Gasteiger partial charge in [-0.15, -0.1) is 0 Å². The highest BCUT2D eigenvalue weighted by Gasteiger charge is 2.16. The van der Waals surface area contributed by atoms with Crippen molar-refractivity contribution in [3.63, 3.8) is 0 Å². The van der Waals surface area contributed by atoms with Gasteiger partial charge in [-0.1, -0.05) is 0 Å². The fourth-order valence-corrected chi connectivity index (χ4v) is 3.00. The summed E-state index contributed by atoms with van der Waals surface area (Å²) in [5.41, 5.74) is 0.0834. The summed E-state index contributed by atoms with van der Waals surface area (Å²) < 4.78 is 7.51. The number of nitrogens with zero attached hydrogens (tertiary/aromatic N) is 4. The SMILES string of the molecule is O=C(Cn1c(=O)n(Cc2ccncc2)c(=O)c2ncccc21)NCc1ccco1. The number of hydrogen-bond acceptors (Lipinski definition) is 6. The number of nitrogens with one attached hydrogen (secondary N) is 1. The molecule has 0 saturated heterocycles. The smallest absolute Gasteiger partial charge is 0.332 e. The van der Waals surface area contributed by atoms with Crippen molar-refractivity contribution < 1.29 is 9.21 Å². The van der Waals surface area contributed by atoms with Gasteiger partial charge in [0.25, 0.3) is 5.56 Å². The van der Waals surface area contributed by atoms with Crippen LogP contribution in [-0.4, -0.2) is 25.0 Å². The Morgan fingerprint density at radius 3 is 2.62 bits per heavy atom. The lowest BCUT2D eigenvalue weighted by atomic mass is 10.2. The van der Waals surface area contributed by atoms with E-state index >= 15 is 0 Å². The summed E-state index contributed by atoms with van der Waals surface area (Å²) in [5, 5.41) is 2.70. The molecule has 4 aromatic heterocycles. The zero-order valence-electron chi connectivity index (χ0n) is 15.3. The molecule has 1 N–H and O–H groups in total. The molecule has 0 saturated carbocycles. The Morgan fingerprint density at radius 1 is 1.03 bits per heavy atom. The van der Waals surface area contributed by atoms with Crippen LogP contribution in [0.15, 0.2) is 75.3 Å². The second kappa shape index (κ2) is 7.93. The van der Waals surface area contributed by atoms with Crippen LogP contribution in [0.2, 0.25) is 0 Å². The van der Waals surface area contributed by atoms with Crippen molar-refractivity contribution in [3.05, 3.63) is 93.4 Å². The van der Waals surface area contributed by atoms with Gasteiger partial charge in [-0.05, 0) is 42.0 Å². The normalized spacial score (nSPS) is 10.9. The first-order valence-electron chi connectivity index (χ1n) is 8.90. The molecule has 0 unspecified atom stereocenters. The second-order valence-corrected chi connectivity index (χ2v) is 6.34. The average Bonchev–Trinajstić information content (AvgIpc) is 3.27. The molecule has 0 aliphatic carbocycles. The Kier molecular flexibility index (Phi) is 5.02. The Hall–Kier alpha value is -4.01. The van der Waals surface area contributed by atoms with E-state index < -0.39 is 11.2 Å². The van der Waals surface area contributed by atoms with Crippen molar-refractivity contribution in [1.29, 1.82) is 0 Å². The van der Waals surface area contributed by atoms with Gasteiger partial charge in [0.1, 0.15) is 12.3 Å². The molecule has 0 aromatic carbocycles. The van der Waals surface area contributed by atoms with E-state index in [1.54, 1.807) is 48.8 Å². The number of rotatable bonds is 6. The Morgan fingerprint density at radius 2 is 1.86 bits per heavy atom. The molecule has 0 radical (unpaired) electrons. The van der Waals surface area contributed by atoms with Crippen LogP contribution in [0.4, 0.5) is 0 Å². The molecule has 4 heterocycles. The molecule has 0 fully saturated rings. The summed E-state index contributed by atoms with van der Waals surface area (Å²) in [5.74, 6) is 0.211. The number of hydrogen-bond donors (Lipinski definition) is 1. The van der Waals surface area contributed by atoms with E-state index in [0.29, 0.717) is 11.3 Å². The van der Waals surface area contributed by atoms with Crippen molar-refractivity contribution in [2.45, 2.75) is 19.6 Å². The van der Waals surface area contributed by atoms with Gasteiger partial charge in [0.05, 0.1) is 24.9 Å². The first kappa shape index (κ1) is 18.4. The third-order valence-corrected chi connectivity index (χ3v) is 4.42. The largest absolute Gasteiger partial charge is 0.467 e. The molecule has 0 aliphatic rings. The van der Waals surface area contributed by atoms with Crippen molar-refractivity contribution in [3.8, 4) is 0 Å². The molecular weight excluding hydrogens is 374 g/mol. The summed E-state index contributed by atoms with van der Waals surface area (Å²) in [6, 6.07) is 10.1. The number of carbonyl (C=O) groups excluding carboxylic acids is 1. The van der Waals surface area contributed by atoms with Crippen LogP contribution in [0.5, 0.6) is 0 Å². The van der Waals surface area contributed by atoms with Gasteiger partial charge in [0.2, 0.25) is 5.91 Å². The monoisotopic (exact) mass is 391 g/mol. The van der Waals surface area contributed by atoms with E-state index in [1.165, 1.54) is 17.0 Å². The predicted octanol–water partition coefficient (Wildman–Crippen LogP) is 0.911. The van der Waals surface area contributed by atoms with Gasteiger partial charge >= 0.3 is 5.69 Å². The molecule has 0 aliphatic heterocycles. The molecule has 0 atom stereocenters. The fourth-order valence-electron chi connectivity index (χ4n) is 3.00. The van der Waals surface area contributed by atoms with Crippen molar-refractivity contribution >= 4 is 16.9 Å². The standard InChI is InChI=1S/C20H17N5O4/c26-17(23-11-15-3-2-10-29-15)13-24-16-4-1-7-22-18(16)19(27)25(20(24)28)12-14-5-8-21-9-6-14/h1-10H,11-13H2,(H,23,26). The van der Waals surface area contributed by atoms with Crippen LogP contribution < -0.4 is 16.6 Å². The second-order valence-electron chi connectivity index (χ2n) is 6.34. The molecule has 9 nitrogen and oxygen atoms in total. The molecule has 9 heteroatoms. The zero-order chi connectivity index (χ0) is 20.2. The summed E-state index contributed by atoms with van der Waals surface area (Å²) in [6.45, 7) is 0.00645. The Labute approximate surface area is 164 Å². The van der Waals surface area contributed by atoms with Crippen molar-refractivity contribution in [1.82, 2.24) is 24.4 Å². The number of carbonyl (C=O) groups is 1. The minimum Gasteiger partial charge on any atom is -0.467 e. The molecule has 4 rings (SSSR count). The van der Waals surface area contributed by atoms with E-state index in [2.05, 4.69) is 15.3 Å². The topological polar surface area (TPSA) is 112 Å². The molecule has 0 spiro atoms. The van der Waals surface area contributed by atoms with E-state index in [4.69, 9.17) is 4.42 Å². The maximum Gasteiger partial charge on any atom is 0.332 e. The third kappa shape index (κ3) is 3.84. The first-order chi connectivity index (χ1) is 14.1. The minimum atomic E-state index is -0.583. The van der Waals surface area contributed by atoms with Crippen LogP contribution >= 0.6 is 0 Å². The van der Waals surface area contributed by atoms with E-state index in [1.807, 2.05) is 0 Å². The maximum absolute atomic E-state index is 13.1. The quantitative estimate of drug-likeness (QED) is 0.523.